The van der Waals surface area contributed by atoms with E-state index in [2.05, 4.69) is 10.6 Å². The smallest absolute Gasteiger partial charge is 0.391 e. The minimum Gasteiger partial charge on any atom is -0.496 e. The zero-order chi connectivity index (χ0) is 29.0. The first kappa shape index (κ1) is 30.5. The van der Waals surface area contributed by atoms with Gasteiger partial charge in [-0.3, -0.25) is 14.4 Å². The number of methoxy groups -OCH3 is 1. The van der Waals surface area contributed by atoms with Crippen LogP contribution in [0.4, 0.5) is 18.9 Å². The highest BCUT2D eigenvalue weighted by molar-refractivity contribution is 6.34. The molecule has 0 heterocycles. The maximum absolute atomic E-state index is 13.1. The Labute approximate surface area is 231 Å². The molecule has 0 unspecified atom stereocenters. The summed E-state index contributed by atoms with van der Waals surface area (Å²) in [5.74, 6) is -2.02. The molecular formula is C29H34ClF3N2O4. The van der Waals surface area contributed by atoms with Crippen LogP contribution in [0.5, 0.6) is 5.75 Å². The molecule has 2 aromatic rings. The standard InChI is InChI=1S/C29H34ClF3N2O4/c1-28(2,3)27(38)34-16-18-7-11-23(30)21(13-18)26(37)35-20-10-12-25(39-4)22(15-20)24(36)14-17-5-8-19(9-6-17)29(31,32)33/h7,10-13,15,17,19H,5-6,8-9,14,16H2,1-4H3,(H,34,38)(H,35,37). The van der Waals surface area contributed by atoms with Crippen molar-refractivity contribution in [2.75, 3.05) is 12.4 Å². The lowest BCUT2D eigenvalue weighted by atomic mass is 9.79. The Morgan fingerprint density at radius 3 is 2.23 bits per heavy atom. The predicted molar refractivity (Wildman–Crippen MR) is 144 cm³/mol. The van der Waals surface area contributed by atoms with Gasteiger partial charge in [0.1, 0.15) is 5.75 Å². The van der Waals surface area contributed by atoms with Gasteiger partial charge >= 0.3 is 6.18 Å². The second kappa shape index (κ2) is 12.4. The van der Waals surface area contributed by atoms with Crippen LogP contribution in [0.1, 0.15) is 79.2 Å². The van der Waals surface area contributed by atoms with Gasteiger partial charge in [-0.05, 0) is 67.5 Å². The van der Waals surface area contributed by atoms with Gasteiger partial charge in [-0.15, -0.1) is 0 Å². The molecule has 0 bridgehead atoms. The van der Waals surface area contributed by atoms with E-state index in [-0.39, 0.29) is 59.6 Å². The molecule has 0 aromatic heterocycles. The molecule has 2 aromatic carbocycles. The number of hydrogen-bond acceptors (Lipinski definition) is 4. The normalized spacial score (nSPS) is 17.8. The number of Topliss-reactive ketones (excluding diaryl/α,β-unsaturated/α-hetero) is 1. The van der Waals surface area contributed by atoms with Gasteiger partial charge in [0.05, 0.1) is 29.2 Å². The summed E-state index contributed by atoms with van der Waals surface area (Å²) < 4.78 is 44.3. The van der Waals surface area contributed by atoms with Crippen LogP contribution in [0.3, 0.4) is 0 Å². The van der Waals surface area contributed by atoms with Gasteiger partial charge in [0.15, 0.2) is 5.78 Å². The van der Waals surface area contributed by atoms with Crippen molar-refractivity contribution in [2.45, 2.75) is 65.6 Å². The zero-order valence-corrected chi connectivity index (χ0v) is 23.3. The molecule has 10 heteroatoms. The third-order valence-electron chi connectivity index (χ3n) is 6.95. The second-order valence-corrected chi connectivity index (χ2v) is 11.4. The number of ether oxygens (including phenoxy) is 1. The maximum Gasteiger partial charge on any atom is 0.391 e. The SMILES string of the molecule is COc1ccc(NC(=O)c2cc(CNC(=O)C(C)(C)C)ccc2Cl)cc1C(=O)CC1CCC(C(F)(F)F)CC1. The van der Waals surface area contributed by atoms with Crippen LogP contribution in [-0.4, -0.2) is 30.9 Å². The number of anilines is 1. The lowest BCUT2D eigenvalue weighted by Crippen LogP contribution is -2.34. The van der Waals surface area contributed by atoms with Gasteiger partial charge < -0.3 is 15.4 Å². The van der Waals surface area contributed by atoms with Crippen LogP contribution >= 0.6 is 11.6 Å². The number of halogens is 4. The summed E-state index contributed by atoms with van der Waals surface area (Å²) in [6.07, 6.45) is -3.39. The molecule has 1 saturated carbocycles. The van der Waals surface area contributed by atoms with Gasteiger partial charge in [-0.1, -0.05) is 38.4 Å². The van der Waals surface area contributed by atoms with Crippen molar-refractivity contribution in [1.82, 2.24) is 5.32 Å². The Kier molecular flexibility index (Phi) is 9.69. The summed E-state index contributed by atoms with van der Waals surface area (Å²) in [7, 11) is 1.42. The lowest BCUT2D eigenvalue weighted by Gasteiger charge is -2.29. The number of nitrogens with one attached hydrogen (secondary N) is 2. The minimum atomic E-state index is -4.20. The van der Waals surface area contributed by atoms with E-state index in [1.807, 2.05) is 0 Å². The van der Waals surface area contributed by atoms with Crippen molar-refractivity contribution in [1.29, 1.82) is 0 Å². The van der Waals surface area contributed by atoms with Crippen molar-refractivity contribution in [3.8, 4) is 5.75 Å². The summed E-state index contributed by atoms with van der Waals surface area (Å²) in [5.41, 5.74) is 0.918. The van der Waals surface area contributed by atoms with Gasteiger partial charge in [0.2, 0.25) is 5.91 Å². The predicted octanol–water partition coefficient (Wildman–Crippen LogP) is 7.20. The maximum atomic E-state index is 13.1. The molecule has 0 radical (unpaired) electrons. The fourth-order valence-corrected chi connectivity index (χ4v) is 4.78. The molecule has 1 fully saturated rings. The number of ketones is 1. The highest BCUT2D eigenvalue weighted by Crippen LogP contribution is 2.41. The Morgan fingerprint density at radius 1 is 0.974 bits per heavy atom. The number of alkyl halides is 3. The third-order valence-corrected chi connectivity index (χ3v) is 7.28. The van der Waals surface area contributed by atoms with Gasteiger partial charge in [-0.25, -0.2) is 0 Å². The number of amides is 2. The molecular weight excluding hydrogens is 533 g/mol. The summed E-state index contributed by atoms with van der Waals surface area (Å²) in [6.45, 7) is 5.62. The van der Waals surface area contributed by atoms with E-state index in [1.165, 1.54) is 13.2 Å². The average molecular weight is 567 g/mol. The van der Waals surface area contributed by atoms with Crippen LogP contribution in [0.15, 0.2) is 36.4 Å². The molecule has 0 saturated heterocycles. The Balaban J connectivity index is 1.70. The Bertz CT molecular complexity index is 1220. The topological polar surface area (TPSA) is 84.5 Å². The number of benzene rings is 2. The summed E-state index contributed by atoms with van der Waals surface area (Å²) in [4.78, 5) is 38.3. The number of carbonyl (C=O) groups is 3. The molecule has 39 heavy (non-hydrogen) atoms. The van der Waals surface area contributed by atoms with E-state index in [0.717, 1.165) is 0 Å². The van der Waals surface area contributed by atoms with E-state index >= 15 is 0 Å². The number of hydrogen-bond donors (Lipinski definition) is 2. The van der Waals surface area contributed by atoms with E-state index in [4.69, 9.17) is 16.3 Å². The van der Waals surface area contributed by atoms with Gasteiger partial charge in [0.25, 0.3) is 5.91 Å². The van der Waals surface area contributed by atoms with Crippen LogP contribution in [0.25, 0.3) is 0 Å². The molecule has 6 nitrogen and oxygen atoms in total. The monoisotopic (exact) mass is 566 g/mol. The third kappa shape index (κ3) is 8.21. The molecule has 3 rings (SSSR count). The quantitative estimate of drug-likeness (QED) is 0.331. The van der Waals surface area contributed by atoms with Crippen LogP contribution in [0, 0.1) is 17.3 Å². The largest absolute Gasteiger partial charge is 0.496 e. The fourth-order valence-electron chi connectivity index (χ4n) is 4.57. The van der Waals surface area contributed by atoms with E-state index in [1.54, 1.807) is 51.1 Å². The fraction of sp³-hybridized carbons (Fsp3) is 0.483. The molecule has 1 aliphatic rings. The first-order valence-corrected chi connectivity index (χ1v) is 13.2. The first-order valence-electron chi connectivity index (χ1n) is 12.8. The highest BCUT2D eigenvalue weighted by Gasteiger charge is 2.41. The Hall–Kier alpha value is -3.07. The van der Waals surface area contributed by atoms with Crippen molar-refractivity contribution in [3.63, 3.8) is 0 Å². The van der Waals surface area contributed by atoms with E-state index in [0.29, 0.717) is 29.8 Å². The highest BCUT2D eigenvalue weighted by atomic mass is 35.5. The van der Waals surface area contributed by atoms with E-state index < -0.39 is 23.4 Å². The number of carbonyl (C=O) groups excluding carboxylic acids is 3. The summed E-state index contributed by atoms with van der Waals surface area (Å²) >= 11 is 6.28. The lowest BCUT2D eigenvalue weighted by molar-refractivity contribution is -0.183. The second-order valence-electron chi connectivity index (χ2n) is 11.0. The van der Waals surface area contributed by atoms with Crippen LogP contribution < -0.4 is 15.4 Å². The molecule has 0 atom stereocenters. The van der Waals surface area contributed by atoms with Crippen molar-refractivity contribution in [3.05, 3.63) is 58.1 Å². The zero-order valence-electron chi connectivity index (χ0n) is 22.5. The van der Waals surface area contributed by atoms with Crippen molar-refractivity contribution < 1.29 is 32.3 Å². The van der Waals surface area contributed by atoms with Crippen molar-refractivity contribution in [2.24, 2.45) is 17.3 Å². The molecule has 2 amide bonds. The minimum absolute atomic E-state index is 0.0222. The summed E-state index contributed by atoms with van der Waals surface area (Å²) in [6, 6.07) is 9.53. The van der Waals surface area contributed by atoms with Crippen LogP contribution in [0.2, 0.25) is 5.02 Å². The average Bonchev–Trinajstić information content (AvgIpc) is 2.87. The van der Waals surface area contributed by atoms with E-state index in [9.17, 15) is 27.6 Å². The first-order chi connectivity index (χ1) is 18.2. The van der Waals surface area contributed by atoms with Crippen molar-refractivity contribution >= 4 is 34.9 Å². The molecule has 212 valence electrons. The summed E-state index contributed by atoms with van der Waals surface area (Å²) in [5, 5.41) is 5.79. The molecule has 1 aliphatic carbocycles. The Morgan fingerprint density at radius 2 is 1.64 bits per heavy atom. The van der Waals surface area contributed by atoms with Crippen LogP contribution in [-0.2, 0) is 11.3 Å². The van der Waals surface area contributed by atoms with Gasteiger partial charge in [0, 0.05) is 24.1 Å². The molecule has 0 spiro atoms. The molecule has 0 aliphatic heterocycles. The van der Waals surface area contributed by atoms with Gasteiger partial charge in [-0.2, -0.15) is 13.2 Å². The molecule has 2 N–H and O–H groups in total. The number of rotatable bonds is 8.